The number of ether oxygens (including phenoxy) is 2. The molecule has 3 aromatic carbocycles. The number of nitrogens with one attached hydrogen (secondary N) is 1. The molecule has 3 aromatic rings. The lowest BCUT2D eigenvalue weighted by atomic mass is 10.00. The van der Waals surface area contributed by atoms with Gasteiger partial charge >= 0.3 is 0 Å². The van der Waals surface area contributed by atoms with Crippen LogP contribution in [0.15, 0.2) is 72.8 Å². The van der Waals surface area contributed by atoms with Gasteiger partial charge in [-0.25, -0.2) is 0 Å². The third-order valence-corrected chi connectivity index (χ3v) is 4.36. The number of carbonyl (C=O) groups is 1. The van der Waals surface area contributed by atoms with E-state index in [0.717, 1.165) is 0 Å². The average Bonchev–Trinajstić information content (AvgIpc) is 2.74. The van der Waals surface area contributed by atoms with Crippen LogP contribution in [0.1, 0.15) is 17.2 Å². The number of hydrogen-bond donors (Lipinski definition) is 2. The summed E-state index contributed by atoms with van der Waals surface area (Å²) in [5, 5.41) is 14.0. The van der Waals surface area contributed by atoms with Crippen LogP contribution in [0.2, 0.25) is 5.02 Å². The number of methoxy groups -OCH3 is 1. The first-order valence-corrected chi connectivity index (χ1v) is 9.04. The van der Waals surface area contributed by atoms with Crippen molar-refractivity contribution in [2.24, 2.45) is 0 Å². The molecule has 3 rings (SSSR count). The molecule has 144 valence electrons. The molecule has 28 heavy (non-hydrogen) atoms. The lowest BCUT2D eigenvalue weighted by Crippen LogP contribution is -2.21. The summed E-state index contributed by atoms with van der Waals surface area (Å²) in [7, 11) is 1.58. The Morgan fingerprint density at radius 2 is 1.71 bits per heavy atom. The van der Waals surface area contributed by atoms with Crippen LogP contribution in [0.25, 0.3) is 0 Å². The first-order chi connectivity index (χ1) is 13.6. The summed E-state index contributed by atoms with van der Waals surface area (Å²) in [4.78, 5) is 12.3. The largest absolute Gasteiger partial charge is 0.497 e. The molecule has 0 saturated heterocycles. The van der Waals surface area contributed by atoms with Crippen molar-refractivity contribution in [3.63, 3.8) is 0 Å². The summed E-state index contributed by atoms with van der Waals surface area (Å²) in [5.41, 5.74) is 1.69. The van der Waals surface area contributed by atoms with Crippen LogP contribution < -0.4 is 14.8 Å². The number of aliphatic hydroxyl groups is 1. The van der Waals surface area contributed by atoms with Gasteiger partial charge in [-0.15, -0.1) is 0 Å². The predicted molar refractivity (Wildman–Crippen MR) is 109 cm³/mol. The highest BCUT2D eigenvalue weighted by Gasteiger charge is 2.17. The van der Waals surface area contributed by atoms with E-state index in [0.29, 0.717) is 33.3 Å². The standard InChI is InChI=1S/C22H20ClNO4/c1-27-17-8-10-18(11-9-17)28-14-21(25)24-20-12-7-16(23)13-19(20)22(26)15-5-3-2-4-6-15/h2-13,22,26H,14H2,1H3,(H,24,25)/t22-/m0/s1. The molecule has 0 bridgehead atoms. The number of aliphatic hydroxyl groups excluding tert-OH is 1. The molecule has 0 spiro atoms. The molecular weight excluding hydrogens is 378 g/mol. The molecular formula is C22H20ClNO4. The number of benzene rings is 3. The Kier molecular flexibility index (Phi) is 6.53. The molecule has 1 atom stereocenters. The van der Waals surface area contributed by atoms with Gasteiger partial charge in [-0.05, 0) is 48.0 Å². The summed E-state index contributed by atoms with van der Waals surface area (Å²) >= 11 is 6.09. The van der Waals surface area contributed by atoms with Crippen molar-refractivity contribution in [3.05, 3.63) is 88.9 Å². The second kappa shape index (κ2) is 9.26. The first kappa shape index (κ1) is 19.7. The maximum absolute atomic E-state index is 12.3. The Hall–Kier alpha value is -3.02. The summed E-state index contributed by atoms with van der Waals surface area (Å²) in [6.07, 6.45) is -0.919. The van der Waals surface area contributed by atoms with E-state index >= 15 is 0 Å². The molecule has 0 aliphatic rings. The molecule has 2 N–H and O–H groups in total. The van der Waals surface area contributed by atoms with Gasteiger partial charge in [-0.2, -0.15) is 0 Å². The van der Waals surface area contributed by atoms with E-state index in [9.17, 15) is 9.90 Å². The van der Waals surface area contributed by atoms with Gasteiger partial charge in [0, 0.05) is 16.3 Å². The maximum Gasteiger partial charge on any atom is 0.262 e. The molecule has 6 heteroatoms. The van der Waals surface area contributed by atoms with E-state index in [1.807, 2.05) is 30.3 Å². The highest BCUT2D eigenvalue weighted by molar-refractivity contribution is 6.30. The summed E-state index contributed by atoms with van der Waals surface area (Å²) in [6, 6.07) is 21.1. The minimum absolute atomic E-state index is 0.171. The predicted octanol–water partition coefficient (Wildman–Crippen LogP) is 4.45. The highest BCUT2D eigenvalue weighted by atomic mass is 35.5. The van der Waals surface area contributed by atoms with Crippen molar-refractivity contribution < 1.29 is 19.4 Å². The zero-order chi connectivity index (χ0) is 19.9. The van der Waals surface area contributed by atoms with Gasteiger partial charge in [-0.3, -0.25) is 4.79 Å². The van der Waals surface area contributed by atoms with Crippen molar-refractivity contribution >= 4 is 23.2 Å². The van der Waals surface area contributed by atoms with E-state index < -0.39 is 6.10 Å². The second-order valence-electron chi connectivity index (χ2n) is 6.06. The quantitative estimate of drug-likeness (QED) is 0.618. The Balaban J connectivity index is 1.70. The molecule has 0 unspecified atom stereocenters. The third kappa shape index (κ3) is 5.03. The Labute approximate surface area is 168 Å². The van der Waals surface area contributed by atoms with Crippen LogP contribution in [0.4, 0.5) is 5.69 Å². The van der Waals surface area contributed by atoms with Gasteiger partial charge < -0.3 is 19.9 Å². The number of amides is 1. The number of anilines is 1. The number of halogens is 1. The van der Waals surface area contributed by atoms with Crippen LogP contribution in [0, 0.1) is 0 Å². The van der Waals surface area contributed by atoms with Crippen LogP contribution in [0.3, 0.4) is 0 Å². The average molecular weight is 398 g/mol. The Bertz CT molecular complexity index is 929. The topological polar surface area (TPSA) is 67.8 Å². The molecule has 5 nitrogen and oxygen atoms in total. The fourth-order valence-corrected chi connectivity index (χ4v) is 2.88. The van der Waals surface area contributed by atoms with Crippen molar-refractivity contribution in [3.8, 4) is 11.5 Å². The summed E-state index contributed by atoms with van der Waals surface area (Å²) < 4.78 is 10.6. The number of carbonyl (C=O) groups excluding carboxylic acids is 1. The molecule has 0 fully saturated rings. The van der Waals surface area contributed by atoms with Crippen molar-refractivity contribution in [1.82, 2.24) is 0 Å². The van der Waals surface area contributed by atoms with E-state index in [1.54, 1.807) is 49.6 Å². The van der Waals surface area contributed by atoms with Gasteiger partial charge in [-0.1, -0.05) is 41.9 Å². The van der Waals surface area contributed by atoms with E-state index in [-0.39, 0.29) is 12.5 Å². The second-order valence-corrected chi connectivity index (χ2v) is 6.49. The van der Waals surface area contributed by atoms with Gasteiger partial charge in [0.05, 0.1) is 7.11 Å². The lowest BCUT2D eigenvalue weighted by molar-refractivity contribution is -0.118. The Morgan fingerprint density at radius 3 is 2.39 bits per heavy atom. The fraction of sp³-hybridized carbons (Fsp3) is 0.136. The molecule has 0 aliphatic carbocycles. The van der Waals surface area contributed by atoms with E-state index in [1.165, 1.54) is 0 Å². The molecule has 0 saturated carbocycles. The van der Waals surface area contributed by atoms with Gasteiger partial charge in [0.25, 0.3) is 5.91 Å². The molecule has 1 amide bonds. The van der Waals surface area contributed by atoms with Crippen LogP contribution >= 0.6 is 11.6 Å². The third-order valence-electron chi connectivity index (χ3n) is 4.13. The SMILES string of the molecule is COc1ccc(OCC(=O)Nc2ccc(Cl)cc2[C@@H](O)c2ccccc2)cc1. The lowest BCUT2D eigenvalue weighted by Gasteiger charge is -2.17. The number of hydrogen-bond acceptors (Lipinski definition) is 4. The normalized spacial score (nSPS) is 11.5. The molecule has 0 heterocycles. The maximum atomic E-state index is 12.3. The van der Waals surface area contributed by atoms with Crippen molar-refractivity contribution in [2.75, 3.05) is 19.0 Å². The molecule has 0 aliphatic heterocycles. The fourth-order valence-electron chi connectivity index (χ4n) is 2.70. The van der Waals surface area contributed by atoms with Crippen LogP contribution in [-0.2, 0) is 4.79 Å². The zero-order valence-electron chi connectivity index (χ0n) is 15.3. The summed E-state index contributed by atoms with van der Waals surface area (Å²) in [6.45, 7) is -0.171. The monoisotopic (exact) mass is 397 g/mol. The zero-order valence-corrected chi connectivity index (χ0v) is 16.0. The number of rotatable bonds is 7. The molecule has 0 aromatic heterocycles. The Morgan fingerprint density at radius 1 is 1.04 bits per heavy atom. The van der Waals surface area contributed by atoms with E-state index in [4.69, 9.17) is 21.1 Å². The van der Waals surface area contributed by atoms with Crippen LogP contribution in [0.5, 0.6) is 11.5 Å². The van der Waals surface area contributed by atoms with Gasteiger partial charge in [0.1, 0.15) is 17.6 Å². The molecule has 0 radical (unpaired) electrons. The summed E-state index contributed by atoms with van der Waals surface area (Å²) in [5.74, 6) is 0.911. The smallest absolute Gasteiger partial charge is 0.262 e. The minimum atomic E-state index is -0.919. The van der Waals surface area contributed by atoms with E-state index in [2.05, 4.69) is 5.32 Å². The first-order valence-electron chi connectivity index (χ1n) is 8.66. The van der Waals surface area contributed by atoms with Crippen LogP contribution in [-0.4, -0.2) is 24.7 Å². The van der Waals surface area contributed by atoms with Gasteiger partial charge in [0.2, 0.25) is 0 Å². The van der Waals surface area contributed by atoms with Crippen molar-refractivity contribution in [1.29, 1.82) is 0 Å². The highest BCUT2D eigenvalue weighted by Crippen LogP contribution is 2.31. The van der Waals surface area contributed by atoms with Crippen molar-refractivity contribution in [2.45, 2.75) is 6.10 Å². The van der Waals surface area contributed by atoms with Gasteiger partial charge in [0.15, 0.2) is 6.61 Å². The minimum Gasteiger partial charge on any atom is -0.497 e.